The van der Waals surface area contributed by atoms with E-state index in [0.717, 1.165) is 35.5 Å². The average Bonchev–Trinajstić information content (AvgIpc) is 3.26. The van der Waals surface area contributed by atoms with Crippen molar-refractivity contribution in [1.29, 1.82) is 0 Å². The van der Waals surface area contributed by atoms with E-state index in [4.69, 9.17) is 18.9 Å². The Labute approximate surface area is 171 Å². The van der Waals surface area contributed by atoms with Gasteiger partial charge < -0.3 is 23.8 Å². The predicted molar refractivity (Wildman–Crippen MR) is 112 cm³/mol. The fourth-order valence-corrected chi connectivity index (χ4v) is 3.64. The quantitative estimate of drug-likeness (QED) is 0.659. The van der Waals surface area contributed by atoms with Crippen molar-refractivity contribution in [3.05, 3.63) is 53.6 Å². The molecule has 1 aliphatic heterocycles. The zero-order valence-electron chi connectivity index (χ0n) is 17.3. The summed E-state index contributed by atoms with van der Waals surface area (Å²) in [4.78, 5) is 14.9. The molecular weight excluding hydrogens is 370 g/mol. The highest BCUT2D eigenvalue weighted by Crippen LogP contribution is 2.39. The number of carbonyl (C=O) groups is 1. The Hall–Kier alpha value is -3.15. The first kappa shape index (κ1) is 20.6. The maximum atomic E-state index is 13.0. The fourth-order valence-electron chi connectivity index (χ4n) is 3.64. The topological polar surface area (TPSA) is 57.2 Å². The lowest BCUT2D eigenvalue weighted by atomic mass is 10.0. The van der Waals surface area contributed by atoms with E-state index in [1.165, 1.54) is 0 Å². The van der Waals surface area contributed by atoms with Crippen molar-refractivity contribution < 1.29 is 23.7 Å². The van der Waals surface area contributed by atoms with Crippen molar-refractivity contribution in [3.8, 4) is 23.0 Å². The molecule has 3 rings (SSSR count). The Morgan fingerprint density at radius 2 is 1.62 bits per heavy atom. The lowest BCUT2D eigenvalue weighted by Crippen LogP contribution is -2.29. The van der Waals surface area contributed by atoms with Crippen LogP contribution in [0.4, 0.5) is 0 Å². The summed E-state index contributed by atoms with van der Waals surface area (Å²) in [6, 6.07) is 11.2. The number of methoxy groups -OCH3 is 4. The smallest absolute Gasteiger partial charge is 0.247 e. The van der Waals surface area contributed by atoms with Crippen LogP contribution >= 0.6 is 0 Å². The molecule has 0 aliphatic carbocycles. The second kappa shape index (κ2) is 9.37. The van der Waals surface area contributed by atoms with Crippen LogP contribution in [0.1, 0.15) is 30.0 Å². The molecule has 1 unspecified atom stereocenters. The summed E-state index contributed by atoms with van der Waals surface area (Å²) >= 11 is 0. The third-order valence-corrected chi connectivity index (χ3v) is 5.12. The average molecular weight is 397 g/mol. The van der Waals surface area contributed by atoms with E-state index in [2.05, 4.69) is 0 Å². The van der Waals surface area contributed by atoms with Crippen molar-refractivity contribution in [2.75, 3.05) is 35.0 Å². The molecule has 2 aromatic rings. The molecule has 154 valence electrons. The summed E-state index contributed by atoms with van der Waals surface area (Å²) in [7, 11) is 6.48. The normalized spacial score (nSPS) is 16.1. The number of amides is 1. The number of carbonyl (C=O) groups excluding carboxylic acids is 1. The molecule has 1 saturated heterocycles. The van der Waals surface area contributed by atoms with Crippen molar-refractivity contribution in [1.82, 2.24) is 4.90 Å². The summed E-state index contributed by atoms with van der Waals surface area (Å²) < 4.78 is 21.5. The second-order valence-corrected chi connectivity index (χ2v) is 6.78. The van der Waals surface area contributed by atoms with Crippen LogP contribution in [0, 0.1) is 0 Å². The van der Waals surface area contributed by atoms with Crippen LogP contribution in [0.3, 0.4) is 0 Å². The minimum Gasteiger partial charge on any atom is -0.497 e. The van der Waals surface area contributed by atoms with Gasteiger partial charge in [0.1, 0.15) is 23.0 Å². The Morgan fingerprint density at radius 1 is 0.931 bits per heavy atom. The largest absolute Gasteiger partial charge is 0.497 e. The molecule has 0 radical (unpaired) electrons. The van der Waals surface area contributed by atoms with Crippen LogP contribution in [0.2, 0.25) is 0 Å². The van der Waals surface area contributed by atoms with Gasteiger partial charge in [0.2, 0.25) is 5.91 Å². The zero-order chi connectivity index (χ0) is 20.8. The highest BCUT2D eigenvalue weighted by Gasteiger charge is 2.31. The Morgan fingerprint density at radius 3 is 2.24 bits per heavy atom. The van der Waals surface area contributed by atoms with Crippen LogP contribution in [-0.2, 0) is 4.79 Å². The molecule has 1 amide bonds. The third-order valence-electron chi connectivity index (χ3n) is 5.12. The molecule has 2 aromatic carbocycles. The summed E-state index contributed by atoms with van der Waals surface area (Å²) in [5.41, 5.74) is 1.80. The van der Waals surface area contributed by atoms with Gasteiger partial charge in [0, 0.05) is 24.3 Å². The van der Waals surface area contributed by atoms with E-state index in [1.54, 1.807) is 46.7 Å². The van der Waals surface area contributed by atoms with Gasteiger partial charge in [0.05, 0.1) is 34.5 Å². The van der Waals surface area contributed by atoms with Gasteiger partial charge in [-0.15, -0.1) is 0 Å². The maximum absolute atomic E-state index is 13.0. The molecule has 6 heteroatoms. The Balaban J connectivity index is 1.83. The van der Waals surface area contributed by atoms with Crippen LogP contribution in [0.5, 0.6) is 23.0 Å². The zero-order valence-corrected chi connectivity index (χ0v) is 17.3. The number of likely N-dealkylation sites (tertiary alicyclic amines) is 1. The number of hydrogen-bond acceptors (Lipinski definition) is 5. The van der Waals surface area contributed by atoms with Crippen LogP contribution in [0.25, 0.3) is 6.08 Å². The van der Waals surface area contributed by atoms with Gasteiger partial charge in [-0.05, 0) is 54.8 Å². The van der Waals surface area contributed by atoms with Gasteiger partial charge in [-0.25, -0.2) is 0 Å². The van der Waals surface area contributed by atoms with E-state index >= 15 is 0 Å². The van der Waals surface area contributed by atoms with Gasteiger partial charge in [-0.2, -0.15) is 0 Å². The van der Waals surface area contributed by atoms with Crippen molar-refractivity contribution >= 4 is 12.0 Å². The molecule has 1 fully saturated rings. The second-order valence-electron chi connectivity index (χ2n) is 6.78. The van der Waals surface area contributed by atoms with E-state index < -0.39 is 0 Å². The van der Waals surface area contributed by atoms with Crippen molar-refractivity contribution in [2.45, 2.75) is 18.9 Å². The van der Waals surface area contributed by atoms with Crippen LogP contribution in [-0.4, -0.2) is 45.8 Å². The first-order valence-corrected chi connectivity index (χ1v) is 9.53. The van der Waals surface area contributed by atoms with Gasteiger partial charge in [0.25, 0.3) is 0 Å². The maximum Gasteiger partial charge on any atom is 0.247 e. The summed E-state index contributed by atoms with van der Waals surface area (Å²) in [6.07, 6.45) is 5.21. The lowest BCUT2D eigenvalue weighted by Gasteiger charge is -2.25. The highest BCUT2D eigenvalue weighted by atomic mass is 16.5. The number of nitrogens with zero attached hydrogens (tertiary/aromatic N) is 1. The molecule has 29 heavy (non-hydrogen) atoms. The van der Waals surface area contributed by atoms with E-state index in [9.17, 15) is 4.79 Å². The van der Waals surface area contributed by atoms with Crippen molar-refractivity contribution in [3.63, 3.8) is 0 Å². The van der Waals surface area contributed by atoms with Crippen molar-refractivity contribution in [2.24, 2.45) is 0 Å². The molecule has 0 aromatic heterocycles. The number of benzene rings is 2. The third kappa shape index (κ3) is 4.65. The number of ether oxygens (including phenoxy) is 4. The van der Waals surface area contributed by atoms with E-state index in [-0.39, 0.29) is 11.9 Å². The van der Waals surface area contributed by atoms with Crippen LogP contribution in [0.15, 0.2) is 42.5 Å². The summed E-state index contributed by atoms with van der Waals surface area (Å²) in [5.74, 6) is 2.82. The minimum atomic E-state index is -0.0444. The molecule has 6 nitrogen and oxygen atoms in total. The minimum absolute atomic E-state index is 0.0424. The van der Waals surface area contributed by atoms with Gasteiger partial charge in [-0.1, -0.05) is 0 Å². The Kier molecular flexibility index (Phi) is 6.65. The molecular formula is C23H27NO5. The lowest BCUT2D eigenvalue weighted by molar-refractivity contribution is -0.126. The fraction of sp³-hybridized carbons (Fsp3) is 0.348. The molecule has 1 atom stereocenters. The molecule has 0 spiro atoms. The predicted octanol–water partition coefficient (Wildman–Crippen LogP) is 4.10. The van der Waals surface area contributed by atoms with Gasteiger partial charge in [-0.3, -0.25) is 4.79 Å². The number of hydrogen-bond donors (Lipinski definition) is 0. The summed E-state index contributed by atoms with van der Waals surface area (Å²) in [6.45, 7) is 0.704. The monoisotopic (exact) mass is 397 g/mol. The van der Waals surface area contributed by atoms with Crippen LogP contribution < -0.4 is 18.9 Å². The summed E-state index contributed by atoms with van der Waals surface area (Å²) in [5, 5.41) is 0. The van der Waals surface area contributed by atoms with E-state index in [0.29, 0.717) is 18.0 Å². The molecule has 0 bridgehead atoms. The van der Waals surface area contributed by atoms with Gasteiger partial charge in [0.15, 0.2) is 0 Å². The van der Waals surface area contributed by atoms with E-state index in [1.807, 2.05) is 35.2 Å². The Bertz CT molecular complexity index is 871. The molecule has 1 heterocycles. The SMILES string of the molecule is COc1cc(C=CC(=O)N2CCCC2c2cc(OC)ccc2OC)cc(OC)c1. The standard InChI is InChI=1S/C23H27NO5/c1-26-17-8-9-22(29-4)20(15-17)21-6-5-11-24(21)23(25)10-7-16-12-18(27-2)14-19(13-16)28-3/h7-10,12-15,21H,5-6,11H2,1-4H3. The first-order valence-electron chi connectivity index (χ1n) is 9.53. The first-order chi connectivity index (χ1) is 14.1. The number of rotatable bonds is 7. The van der Waals surface area contributed by atoms with Gasteiger partial charge >= 0.3 is 0 Å². The molecule has 1 aliphatic rings. The highest BCUT2D eigenvalue weighted by molar-refractivity contribution is 5.92. The molecule has 0 N–H and O–H groups in total. The molecule has 0 saturated carbocycles.